The molecule has 1 aromatic rings. The standard InChI is InChI=1S/C8H7NO4S/c1-7-2-4-8(5-3-7)13-14(11,12)9-6-10/h2-5H,1H3. The Morgan fingerprint density at radius 2 is 1.86 bits per heavy atom. The molecule has 0 radical (unpaired) electrons. The molecule has 0 N–H and O–H groups in total. The van der Waals surface area contributed by atoms with Gasteiger partial charge in [0.05, 0.1) is 0 Å². The quantitative estimate of drug-likeness (QED) is 0.553. The molecule has 0 saturated carbocycles. The average molecular weight is 213 g/mol. The first kappa shape index (κ1) is 10.4. The topological polar surface area (TPSA) is 72.8 Å². The van der Waals surface area contributed by atoms with Crippen LogP contribution in [0.15, 0.2) is 28.7 Å². The molecule has 5 nitrogen and oxygen atoms in total. The zero-order valence-corrected chi connectivity index (χ0v) is 8.11. The van der Waals surface area contributed by atoms with Crippen molar-refractivity contribution in [3.63, 3.8) is 0 Å². The van der Waals surface area contributed by atoms with Crippen LogP contribution in [-0.2, 0) is 15.1 Å². The maximum atomic E-state index is 10.8. The Morgan fingerprint density at radius 3 is 2.36 bits per heavy atom. The lowest BCUT2D eigenvalue weighted by Gasteiger charge is -2.00. The summed E-state index contributed by atoms with van der Waals surface area (Å²) in [6.45, 7) is 1.85. The van der Waals surface area contributed by atoms with Crippen LogP contribution in [0.3, 0.4) is 0 Å². The summed E-state index contributed by atoms with van der Waals surface area (Å²) in [4.78, 5) is 9.71. The van der Waals surface area contributed by atoms with E-state index < -0.39 is 10.3 Å². The van der Waals surface area contributed by atoms with Crippen LogP contribution in [-0.4, -0.2) is 14.5 Å². The highest BCUT2D eigenvalue weighted by Crippen LogP contribution is 2.13. The summed E-state index contributed by atoms with van der Waals surface area (Å²) >= 11 is 0. The van der Waals surface area contributed by atoms with Gasteiger partial charge in [0.25, 0.3) is 6.08 Å². The summed E-state index contributed by atoms with van der Waals surface area (Å²) in [5, 5.41) is 0. The molecule has 0 atom stereocenters. The van der Waals surface area contributed by atoms with Gasteiger partial charge in [-0.25, -0.2) is 4.79 Å². The van der Waals surface area contributed by atoms with E-state index in [0.29, 0.717) is 0 Å². The SMILES string of the molecule is Cc1ccc(OS(=O)(=O)N=C=O)cc1. The zero-order valence-electron chi connectivity index (χ0n) is 7.30. The Morgan fingerprint density at radius 1 is 1.29 bits per heavy atom. The fraction of sp³-hybridized carbons (Fsp3) is 0.125. The Bertz CT molecular complexity index is 457. The molecule has 0 spiro atoms. The largest absolute Gasteiger partial charge is 0.439 e. The highest BCUT2D eigenvalue weighted by atomic mass is 32.2. The third kappa shape index (κ3) is 3.01. The number of carbonyl (C=O) groups excluding carboxylic acids is 1. The summed E-state index contributed by atoms with van der Waals surface area (Å²) in [6, 6.07) is 6.28. The van der Waals surface area contributed by atoms with Gasteiger partial charge in [0.15, 0.2) is 0 Å². The lowest BCUT2D eigenvalue weighted by atomic mass is 10.2. The van der Waals surface area contributed by atoms with Gasteiger partial charge in [-0.05, 0) is 23.5 Å². The lowest BCUT2D eigenvalue weighted by Crippen LogP contribution is -2.04. The van der Waals surface area contributed by atoms with Crippen molar-refractivity contribution < 1.29 is 17.4 Å². The highest BCUT2D eigenvalue weighted by molar-refractivity contribution is 7.85. The third-order valence-electron chi connectivity index (χ3n) is 1.37. The van der Waals surface area contributed by atoms with E-state index in [1.165, 1.54) is 12.1 Å². The third-order valence-corrected chi connectivity index (χ3v) is 2.07. The first-order valence-corrected chi connectivity index (χ1v) is 5.00. The first-order valence-electron chi connectivity index (χ1n) is 3.64. The second-order valence-corrected chi connectivity index (χ2v) is 3.71. The number of hydrogen-bond acceptors (Lipinski definition) is 4. The molecule has 0 aliphatic rings. The van der Waals surface area contributed by atoms with E-state index in [4.69, 9.17) is 0 Å². The fourth-order valence-corrected chi connectivity index (χ4v) is 1.26. The zero-order chi connectivity index (χ0) is 10.6. The van der Waals surface area contributed by atoms with Crippen LogP contribution in [0.2, 0.25) is 0 Å². The van der Waals surface area contributed by atoms with Crippen molar-refractivity contribution in [3.8, 4) is 5.75 Å². The molecule has 14 heavy (non-hydrogen) atoms. The molecule has 0 heterocycles. The van der Waals surface area contributed by atoms with Gasteiger partial charge in [0, 0.05) is 0 Å². The van der Waals surface area contributed by atoms with Crippen molar-refractivity contribution in [3.05, 3.63) is 29.8 Å². The minimum absolute atomic E-state index is 0.106. The Labute approximate surface area is 81.3 Å². The predicted octanol–water partition coefficient (Wildman–Crippen LogP) is 0.954. The summed E-state index contributed by atoms with van der Waals surface area (Å²) < 4.78 is 28.6. The van der Waals surface area contributed by atoms with Gasteiger partial charge < -0.3 is 4.18 Å². The molecule has 0 fully saturated rings. The number of isocyanates is 1. The van der Waals surface area contributed by atoms with Crippen LogP contribution < -0.4 is 4.18 Å². The number of benzene rings is 1. The van der Waals surface area contributed by atoms with Crippen molar-refractivity contribution >= 4 is 16.4 Å². The van der Waals surface area contributed by atoms with E-state index in [2.05, 4.69) is 8.58 Å². The minimum Gasteiger partial charge on any atom is -0.365 e. The molecule has 1 aromatic carbocycles. The monoisotopic (exact) mass is 213 g/mol. The minimum atomic E-state index is -4.20. The second-order valence-electron chi connectivity index (χ2n) is 2.51. The van der Waals surface area contributed by atoms with Crippen molar-refractivity contribution in [2.45, 2.75) is 6.92 Å². The van der Waals surface area contributed by atoms with Crippen molar-refractivity contribution in [2.75, 3.05) is 0 Å². The molecule has 0 aliphatic carbocycles. The van der Waals surface area contributed by atoms with Gasteiger partial charge in [0.1, 0.15) is 5.75 Å². The van der Waals surface area contributed by atoms with E-state index in [1.807, 2.05) is 6.92 Å². The summed E-state index contributed by atoms with van der Waals surface area (Å²) in [5.41, 5.74) is 0.966. The molecule has 0 amide bonds. The number of aryl methyl sites for hydroxylation is 1. The lowest BCUT2D eigenvalue weighted by molar-refractivity contribution is 0.487. The van der Waals surface area contributed by atoms with Crippen LogP contribution in [0, 0.1) is 6.92 Å². The van der Waals surface area contributed by atoms with Crippen molar-refractivity contribution in [2.24, 2.45) is 4.40 Å². The van der Waals surface area contributed by atoms with E-state index >= 15 is 0 Å². The maximum absolute atomic E-state index is 10.8. The van der Waals surface area contributed by atoms with Crippen LogP contribution in [0.5, 0.6) is 5.75 Å². The van der Waals surface area contributed by atoms with Gasteiger partial charge in [-0.2, -0.15) is 8.42 Å². The predicted molar refractivity (Wildman–Crippen MR) is 48.8 cm³/mol. The van der Waals surface area contributed by atoms with Crippen LogP contribution in [0.25, 0.3) is 0 Å². The average Bonchev–Trinajstić information content (AvgIpc) is 2.08. The van der Waals surface area contributed by atoms with Crippen LogP contribution in [0.1, 0.15) is 5.56 Å². The molecular weight excluding hydrogens is 206 g/mol. The normalized spacial score (nSPS) is 10.4. The molecule has 0 unspecified atom stereocenters. The molecule has 6 heteroatoms. The Kier molecular flexibility index (Phi) is 3.01. The number of nitrogens with zero attached hydrogens (tertiary/aromatic N) is 1. The maximum Gasteiger partial charge on any atom is 0.439 e. The Hall–Kier alpha value is -1.65. The van der Waals surface area contributed by atoms with Gasteiger partial charge in [0.2, 0.25) is 0 Å². The highest BCUT2D eigenvalue weighted by Gasteiger charge is 2.09. The van der Waals surface area contributed by atoms with Crippen molar-refractivity contribution in [1.82, 2.24) is 0 Å². The van der Waals surface area contributed by atoms with E-state index in [1.54, 1.807) is 12.1 Å². The summed E-state index contributed by atoms with van der Waals surface area (Å²) in [5.74, 6) is 0.106. The molecule has 0 saturated heterocycles. The number of hydrogen-bond donors (Lipinski definition) is 0. The Balaban J connectivity index is 2.90. The number of rotatable bonds is 3. The molecular formula is C8H7NO4S. The van der Waals surface area contributed by atoms with Crippen LogP contribution >= 0.6 is 0 Å². The van der Waals surface area contributed by atoms with Crippen LogP contribution in [0.4, 0.5) is 0 Å². The van der Waals surface area contributed by atoms with Gasteiger partial charge in [-0.3, -0.25) is 0 Å². The molecule has 0 aliphatic heterocycles. The summed E-state index contributed by atoms with van der Waals surface area (Å²) in [6.07, 6.45) is 0.902. The second kappa shape index (κ2) is 4.04. The van der Waals surface area contributed by atoms with Gasteiger partial charge in [-0.1, -0.05) is 17.7 Å². The smallest absolute Gasteiger partial charge is 0.365 e. The first-order chi connectivity index (χ1) is 6.53. The van der Waals surface area contributed by atoms with E-state index in [0.717, 1.165) is 11.6 Å². The fourth-order valence-electron chi connectivity index (χ4n) is 0.780. The summed E-state index contributed by atoms with van der Waals surface area (Å²) in [7, 11) is -4.20. The van der Waals surface area contributed by atoms with Crippen molar-refractivity contribution in [1.29, 1.82) is 0 Å². The molecule has 0 bridgehead atoms. The molecule has 0 aromatic heterocycles. The van der Waals surface area contributed by atoms with E-state index in [9.17, 15) is 13.2 Å². The van der Waals surface area contributed by atoms with E-state index in [-0.39, 0.29) is 5.75 Å². The van der Waals surface area contributed by atoms with Gasteiger partial charge in [-0.15, -0.1) is 0 Å². The van der Waals surface area contributed by atoms with Gasteiger partial charge >= 0.3 is 10.3 Å². The molecule has 1 rings (SSSR count). The molecule has 74 valence electrons.